The van der Waals surface area contributed by atoms with E-state index in [2.05, 4.69) is 50.0 Å². The smallest absolute Gasteiger partial charge is 0.209 e. The molecule has 0 aliphatic carbocycles. The number of aromatic nitrogens is 1. The number of pyridine rings is 1. The van der Waals surface area contributed by atoms with E-state index in [1.54, 1.807) is 17.5 Å². The molecule has 0 saturated carbocycles. The first-order chi connectivity index (χ1) is 16.3. The van der Waals surface area contributed by atoms with Gasteiger partial charge in [-0.2, -0.15) is 0 Å². The van der Waals surface area contributed by atoms with Gasteiger partial charge in [0.1, 0.15) is 18.3 Å². The SMILES string of the molecule is Cc1ccc2c(Nc3cccc(CNS(C)(=O)=O)c3)nccc2c1N1CN=C(N)c2sccc21. The van der Waals surface area contributed by atoms with E-state index in [9.17, 15) is 8.42 Å². The van der Waals surface area contributed by atoms with Gasteiger partial charge in [-0.25, -0.2) is 23.1 Å². The van der Waals surface area contributed by atoms with Crippen molar-refractivity contribution in [3.63, 3.8) is 0 Å². The Labute approximate surface area is 202 Å². The van der Waals surface area contributed by atoms with Crippen molar-refractivity contribution in [2.45, 2.75) is 13.5 Å². The molecule has 174 valence electrons. The predicted molar refractivity (Wildman–Crippen MR) is 140 cm³/mol. The molecule has 0 fully saturated rings. The fraction of sp³-hybridized carbons (Fsp3) is 0.167. The Balaban J connectivity index is 1.52. The van der Waals surface area contributed by atoms with Crippen molar-refractivity contribution in [2.24, 2.45) is 10.7 Å². The molecule has 4 N–H and O–H groups in total. The van der Waals surface area contributed by atoms with Crippen LogP contribution < -0.4 is 20.7 Å². The molecule has 0 spiro atoms. The Hall–Kier alpha value is -3.47. The van der Waals surface area contributed by atoms with Gasteiger partial charge in [-0.3, -0.25) is 0 Å². The number of nitrogens with two attached hydrogens (primary N) is 1. The number of rotatable bonds is 6. The van der Waals surface area contributed by atoms with Crippen LogP contribution >= 0.6 is 11.3 Å². The van der Waals surface area contributed by atoms with Crippen molar-refractivity contribution in [1.82, 2.24) is 9.71 Å². The van der Waals surface area contributed by atoms with E-state index in [0.29, 0.717) is 12.5 Å². The van der Waals surface area contributed by atoms with E-state index < -0.39 is 10.0 Å². The first-order valence-corrected chi connectivity index (χ1v) is 13.4. The van der Waals surface area contributed by atoms with E-state index in [-0.39, 0.29) is 6.54 Å². The molecule has 4 aromatic rings. The highest BCUT2D eigenvalue weighted by molar-refractivity contribution is 7.88. The zero-order chi connectivity index (χ0) is 23.9. The van der Waals surface area contributed by atoms with Crippen LogP contribution in [0.3, 0.4) is 0 Å². The highest BCUT2D eigenvalue weighted by Gasteiger charge is 2.24. The molecule has 34 heavy (non-hydrogen) atoms. The van der Waals surface area contributed by atoms with Crippen LogP contribution in [0.1, 0.15) is 16.0 Å². The number of hydrogen-bond acceptors (Lipinski definition) is 8. The summed E-state index contributed by atoms with van der Waals surface area (Å²) in [7, 11) is -3.27. The highest BCUT2D eigenvalue weighted by Crippen LogP contribution is 2.41. The monoisotopic (exact) mass is 492 g/mol. The van der Waals surface area contributed by atoms with Crippen LogP contribution in [0.2, 0.25) is 0 Å². The molecular formula is C24H24N6O2S2. The topological polar surface area (TPSA) is 113 Å². The number of thiophene rings is 1. The summed E-state index contributed by atoms with van der Waals surface area (Å²) in [5.41, 5.74) is 11.1. The van der Waals surface area contributed by atoms with Gasteiger partial charge in [0, 0.05) is 29.2 Å². The van der Waals surface area contributed by atoms with Crippen molar-refractivity contribution in [2.75, 3.05) is 23.1 Å². The van der Waals surface area contributed by atoms with Gasteiger partial charge in [-0.15, -0.1) is 11.3 Å². The van der Waals surface area contributed by atoms with Crippen LogP contribution in [0, 0.1) is 6.92 Å². The Morgan fingerprint density at radius 2 is 2.00 bits per heavy atom. The van der Waals surface area contributed by atoms with Crippen LogP contribution in [0.4, 0.5) is 22.9 Å². The van der Waals surface area contributed by atoms with Crippen molar-refractivity contribution >= 4 is 60.8 Å². The number of anilines is 4. The minimum absolute atomic E-state index is 0.224. The van der Waals surface area contributed by atoms with Crippen LogP contribution in [-0.4, -0.2) is 32.2 Å². The summed E-state index contributed by atoms with van der Waals surface area (Å²) in [6.07, 6.45) is 2.94. The number of fused-ring (bicyclic) bond motifs is 2. The summed E-state index contributed by atoms with van der Waals surface area (Å²) in [6, 6.07) is 15.9. The van der Waals surface area contributed by atoms with Gasteiger partial charge in [0.05, 0.1) is 22.5 Å². The maximum Gasteiger partial charge on any atom is 0.209 e. The first-order valence-electron chi connectivity index (χ1n) is 10.6. The molecule has 8 nitrogen and oxygen atoms in total. The van der Waals surface area contributed by atoms with Crippen molar-refractivity contribution in [3.05, 3.63) is 76.1 Å². The van der Waals surface area contributed by atoms with Crippen LogP contribution in [-0.2, 0) is 16.6 Å². The van der Waals surface area contributed by atoms with Gasteiger partial charge in [0.2, 0.25) is 10.0 Å². The molecule has 0 atom stereocenters. The molecule has 0 unspecified atom stereocenters. The highest BCUT2D eigenvalue weighted by atomic mass is 32.2. The van der Waals surface area contributed by atoms with E-state index >= 15 is 0 Å². The summed E-state index contributed by atoms with van der Waals surface area (Å²) in [5, 5.41) is 7.47. The lowest BCUT2D eigenvalue weighted by atomic mass is 10.0. The van der Waals surface area contributed by atoms with E-state index in [4.69, 9.17) is 5.73 Å². The predicted octanol–water partition coefficient (Wildman–Crippen LogP) is 4.21. The fourth-order valence-corrected chi connectivity index (χ4v) is 5.36. The summed E-state index contributed by atoms with van der Waals surface area (Å²) in [5.74, 6) is 1.30. The number of amidine groups is 1. The average Bonchev–Trinajstić information content (AvgIpc) is 3.30. The quantitative estimate of drug-likeness (QED) is 0.372. The standard InChI is InChI=1S/C24H24N6O2S2/c1-15-6-7-19-18(21(15)30-14-27-23(25)22-20(30)9-11-33-22)8-10-26-24(19)29-17-5-3-4-16(12-17)13-28-34(2,31)32/h3-12,28H,13-14H2,1-2H3,(H2,25,27)(H,26,29). The molecule has 0 amide bonds. The minimum Gasteiger partial charge on any atom is -0.383 e. The normalized spacial score (nSPS) is 13.6. The number of aryl methyl sites for hydroxylation is 1. The largest absolute Gasteiger partial charge is 0.383 e. The second kappa shape index (κ2) is 8.71. The van der Waals surface area contributed by atoms with Gasteiger partial charge < -0.3 is 16.0 Å². The summed E-state index contributed by atoms with van der Waals surface area (Å²) < 4.78 is 25.4. The van der Waals surface area contributed by atoms with Crippen molar-refractivity contribution in [1.29, 1.82) is 0 Å². The second-order valence-corrected chi connectivity index (χ2v) is 10.9. The zero-order valence-electron chi connectivity index (χ0n) is 18.7. The molecule has 0 saturated heterocycles. The number of hydrogen-bond donors (Lipinski definition) is 3. The third-order valence-electron chi connectivity index (χ3n) is 5.67. The number of sulfonamides is 1. The lowest BCUT2D eigenvalue weighted by molar-refractivity contribution is 0.587. The van der Waals surface area contributed by atoms with E-state index in [1.807, 2.05) is 35.7 Å². The number of nitrogens with zero attached hydrogens (tertiary/aromatic N) is 3. The average molecular weight is 493 g/mol. The molecule has 3 heterocycles. The Morgan fingerprint density at radius 1 is 1.15 bits per heavy atom. The third-order valence-corrected chi connectivity index (χ3v) is 7.26. The third kappa shape index (κ3) is 4.35. The summed E-state index contributed by atoms with van der Waals surface area (Å²) in [4.78, 5) is 12.3. The number of nitrogens with one attached hydrogen (secondary N) is 2. The molecule has 0 radical (unpaired) electrons. The lowest BCUT2D eigenvalue weighted by Crippen LogP contribution is -2.28. The molecule has 1 aliphatic rings. The summed E-state index contributed by atoms with van der Waals surface area (Å²) in [6.45, 7) is 2.77. The molecule has 5 rings (SSSR count). The molecule has 0 bridgehead atoms. The van der Waals surface area contributed by atoms with Crippen LogP contribution in [0.5, 0.6) is 0 Å². The van der Waals surface area contributed by atoms with E-state index in [1.165, 1.54) is 0 Å². The maximum atomic E-state index is 11.4. The molecule has 2 aromatic carbocycles. The van der Waals surface area contributed by atoms with Gasteiger partial charge >= 0.3 is 0 Å². The number of aliphatic imine (C=N–C) groups is 1. The Kier molecular flexibility index (Phi) is 5.72. The van der Waals surface area contributed by atoms with Crippen LogP contribution in [0.15, 0.2) is 65.1 Å². The lowest BCUT2D eigenvalue weighted by Gasteiger charge is -2.29. The second-order valence-electron chi connectivity index (χ2n) is 8.15. The maximum absolute atomic E-state index is 11.4. The van der Waals surface area contributed by atoms with Crippen LogP contribution in [0.25, 0.3) is 10.8 Å². The van der Waals surface area contributed by atoms with Crippen molar-refractivity contribution < 1.29 is 8.42 Å². The molecular weight excluding hydrogens is 468 g/mol. The first kappa shape index (κ1) is 22.3. The number of benzene rings is 2. The Morgan fingerprint density at radius 3 is 2.82 bits per heavy atom. The molecule has 10 heteroatoms. The van der Waals surface area contributed by atoms with Crippen molar-refractivity contribution in [3.8, 4) is 0 Å². The van der Waals surface area contributed by atoms with Gasteiger partial charge in [0.15, 0.2) is 0 Å². The molecule has 2 aromatic heterocycles. The zero-order valence-corrected chi connectivity index (χ0v) is 20.4. The molecule has 1 aliphatic heterocycles. The van der Waals surface area contributed by atoms with Gasteiger partial charge in [-0.05, 0) is 47.7 Å². The van der Waals surface area contributed by atoms with E-state index in [0.717, 1.165) is 55.9 Å². The van der Waals surface area contributed by atoms with Gasteiger partial charge in [-0.1, -0.05) is 24.3 Å². The minimum atomic E-state index is -3.27. The fourth-order valence-electron chi connectivity index (χ4n) is 4.11. The van der Waals surface area contributed by atoms with Gasteiger partial charge in [0.25, 0.3) is 0 Å². The summed E-state index contributed by atoms with van der Waals surface area (Å²) >= 11 is 1.59. The Bertz CT molecular complexity index is 1530.